The van der Waals surface area contributed by atoms with E-state index in [0.29, 0.717) is 17.1 Å². The predicted octanol–water partition coefficient (Wildman–Crippen LogP) is 5.08. The first-order valence-corrected chi connectivity index (χ1v) is 7.61. The smallest absolute Gasteiger partial charge is 0.275 e. The SMILES string of the molecule is FC(F)(F)c1cc(-c2ccccc2)n2c(-c3ccccc3)nnc2c1. The molecule has 0 aliphatic rings. The van der Waals surface area contributed by atoms with Crippen molar-refractivity contribution in [3.05, 3.63) is 78.4 Å². The molecule has 0 amide bonds. The molecule has 4 aromatic rings. The van der Waals surface area contributed by atoms with Crippen LogP contribution in [0.2, 0.25) is 0 Å². The van der Waals surface area contributed by atoms with Gasteiger partial charge in [-0.3, -0.25) is 4.40 Å². The fourth-order valence-corrected chi connectivity index (χ4v) is 2.78. The van der Waals surface area contributed by atoms with Gasteiger partial charge >= 0.3 is 6.18 Å². The normalized spacial score (nSPS) is 11.8. The molecule has 0 saturated heterocycles. The minimum absolute atomic E-state index is 0.160. The van der Waals surface area contributed by atoms with E-state index >= 15 is 0 Å². The number of aromatic nitrogens is 3. The quantitative estimate of drug-likeness (QED) is 0.510. The molecule has 3 nitrogen and oxygen atoms in total. The van der Waals surface area contributed by atoms with Gasteiger partial charge in [0, 0.05) is 5.56 Å². The molecule has 0 aliphatic heterocycles. The summed E-state index contributed by atoms with van der Waals surface area (Å²) in [5.74, 6) is 0.503. The number of nitrogens with zero attached hydrogens (tertiary/aromatic N) is 3. The Morgan fingerprint density at radius 2 is 1.32 bits per heavy atom. The number of pyridine rings is 1. The van der Waals surface area contributed by atoms with Gasteiger partial charge in [-0.15, -0.1) is 10.2 Å². The zero-order valence-electron chi connectivity index (χ0n) is 12.9. The van der Waals surface area contributed by atoms with Crippen molar-refractivity contribution < 1.29 is 13.2 Å². The topological polar surface area (TPSA) is 30.2 Å². The fraction of sp³-hybridized carbons (Fsp3) is 0.0526. The second-order valence-corrected chi connectivity index (χ2v) is 5.58. The third kappa shape index (κ3) is 2.76. The van der Waals surface area contributed by atoms with Crippen LogP contribution in [0.1, 0.15) is 5.56 Å². The van der Waals surface area contributed by atoms with E-state index in [4.69, 9.17) is 0 Å². The van der Waals surface area contributed by atoms with Gasteiger partial charge in [0.15, 0.2) is 11.5 Å². The van der Waals surface area contributed by atoms with E-state index in [-0.39, 0.29) is 5.65 Å². The number of hydrogen-bond acceptors (Lipinski definition) is 2. The van der Waals surface area contributed by atoms with Crippen LogP contribution in [0.3, 0.4) is 0 Å². The van der Waals surface area contributed by atoms with Gasteiger partial charge in [-0.1, -0.05) is 60.7 Å². The maximum atomic E-state index is 13.3. The van der Waals surface area contributed by atoms with Gasteiger partial charge in [-0.2, -0.15) is 13.2 Å². The second-order valence-electron chi connectivity index (χ2n) is 5.58. The van der Waals surface area contributed by atoms with Crippen LogP contribution in [0.25, 0.3) is 28.3 Å². The molecule has 0 radical (unpaired) electrons. The molecule has 0 atom stereocenters. The molecule has 25 heavy (non-hydrogen) atoms. The molecule has 2 aromatic heterocycles. The monoisotopic (exact) mass is 339 g/mol. The lowest BCUT2D eigenvalue weighted by Crippen LogP contribution is -2.07. The second kappa shape index (κ2) is 5.73. The van der Waals surface area contributed by atoms with Crippen LogP contribution in [0.5, 0.6) is 0 Å². The van der Waals surface area contributed by atoms with Crippen LogP contribution in [-0.2, 0) is 6.18 Å². The van der Waals surface area contributed by atoms with Crippen molar-refractivity contribution in [2.24, 2.45) is 0 Å². The Bertz CT molecular complexity index is 1020. The van der Waals surface area contributed by atoms with Crippen molar-refractivity contribution >= 4 is 5.65 Å². The zero-order valence-corrected chi connectivity index (χ0v) is 12.9. The van der Waals surface area contributed by atoms with Crippen molar-refractivity contribution in [2.45, 2.75) is 6.18 Å². The maximum Gasteiger partial charge on any atom is 0.416 e. The van der Waals surface area contributed by atoms with Crippen LogP contribution in [0.4, 0.5) is 13.2 Å². The summed E-state index contributed by atoms with van der Waals surface area (Å²) in [5.41, 5.74) is 1.26. The van der Waals surface area contributed by atoms with E-state index in [2.05, 4.69) is 10.2 Å². The highest BCUT2D eigenvalue weighted by molar-refractivity contribution is 5.70. The lowest BCUT2D eigenvalue weighted by molar-refractivity contribution is -0.137. The van der Waals surface area contributed by atoms with Gasteiger partial charge in [0.1, 0.15) is 0 Å². The summed E-state index contributed by atoms with van der Waals surface area (Å²) in [5, 5.41) is 8.09. The minimum Gasteiger partial charge on any atom is -0.275 e. The van der Waals surface area contributed by atoms with Crippen LogP contribution in [0, 0.1) is 0 Å². The van der Waals surface area contributed by atoms with E-state index in [1.807, 2.05) is 36.4 Å². The lowest BCUT2D eigenvalue weighted by Gasteiger charge is -2.13. The van der Waals surface area contributed by atoms with Crippen molar-refractivity contribution in [2.75, 3.05) is 0 Å². The first kappa shape index (κ1) is 15.4. The van der Waals surface area contributed by atoms with Crippen LogP contribution < -0.4 is 0 Å². The standard InChI is InChI=1S/C19H12F3N3/c20-19(21,22)15-11-16(13-7-3-1-4-8-13)25-17(12-15)23-24-18(25)14-9-5-2-6-10-14/h1-12H. The highest BCUT2D eigenvalue weighted by Crippen LogP contribution is 2.35. The van der Waals surface area contributed by atoms with Crippen molar-refractivity contribution in [1.29, 1.82) is 0 Å². The fourth-order valence-electron chi connectivity index (χ4n) is 2.78. The summed E-state index contributed by atoms with van der Waals surface area (Å²) >= 11 is 0. The molecule has 0 aliphatic carbocycles. The van der Waals surface area contributed by atoms with Crippen molar-refractivity contribution in [3.8, 4) is 22.6 Å². The molecule has 4 rings (SSSR count). The third-order valence-corrected chi connectivity index (χ3v) is 3.93. The van der Waals surface area contributed by atoms with Gasteiger partial charge in [0.25, 0.3) is 0 Å². The molecule has 6 heteroatoms. The van der Waals surface area contributed by atoms with E-state index in [0.717, 1.165) is 17.7 Å². The predicted molar refractivity (Wildman–Crippen MR) is 88.9 cm³/mol. The van der Waals surface area contributed by atoms with E-state index < -0.39 is 11.7 Å². The molecular formula is C19H12F3N3. The average Bonchev–Trinajstić information content (AvgIpc) is 3.06. The van der Waals surface area contributed by atoms with E-state index in [1.54, 1.807) is 28.7 Å². The molecule has 0 fully saturated rings. The summed E-state index contributed by atoms with van der Waals surface area (Å²) in [6.07, 6.45) is -4.45. The number of alkyl halides is 3. The Labute approximate surface area is 141 Å². The van der Waals surface area contributed by atoms with Crippen molar-refractivity contribution in [1.82, 2.24) is 14.6 Å². The Balaban J connectivity index is 2.06. The highest BCUT2D eigenvalue weighted by atomic mass is 19.4. The first-order valence-electron chi connectivity index (χ1n) is 7.61. The molecule has 0 unspecified atom stereocenters. The van der Waals surface area contributed by atoms with E-state index in [9.17, 15) is 13.2 Å². The molecule has 0 N–H and O–H groups in total. The number of hydrogen-bond donors (Lipinski definition) is 0. The largest absolute Gasteiger partial charge is 0.416 e. The Morgan fingerprint density at radius 1 is 0.720 bits per heavy atom. The number of halogens is 3. The van der Waals surface area contributed by atoms with Gasteiger partial charge in [-0.05, 0) is 17.7 Å². The maximum absolute atomic E-state index is 13.3. The van der Waals surface area contributed by atoms with Crippen LogP contribution in [0.15, 0.2) is 72.8 Å². The molecule has 2 heterocycles. The summed E-state index contributed by atoms with van der Waals surface area (Å²) in [6, 6.07) is 20.3. The summed E-state index contributed by atoms with van der Waals surface area (Å²) < 4.78 is 41.5. The third-order valence-electron chi connectivity index (χ3n) is 3.93. The molecular weight excluding hydrogens is 327 g/mol. The van der Waals surface area contributed by atoms with Gasteiger partial charge in [-0.25, -0.2) is 0 Å². The lowest BCUT2D eigenvalue weighted by atomic mass is 10.1. The molecule has 124 valence electrons. The Morgan fingerprint density at radius 3 is 1.92 bits per heavy atom. The zero-order chi connectivity index (χ0) is 17.4. The summed E-state index contributed by atoms with van der Waals surface area (Å²) in [4.78, 5) is 0. The van der Waals surface area contributed by atoms with E-state index in [1.165, 1.54) is 0 Å². The number of rotatable bonds is 2. The molecule has 0 spiro atoms. The molecule has 0 bridgehead atoms. The molecule has 2 aromatic carbocycles. The van der Waals surface area contributed by atoms with Gasteiger partial charge in [0.05, 0.1) is 11.3 Å². The summed E-state index contributed by atoms with van der Waals surface area (Å²) in [6.45, 7) is 0. The summed E-state index contributed by atoms with van der Waals surface area (Å²) in [7, 11) is 0. The van der Waals surface area contributed by atoms with Crippen molar-refractivity contribution in [3.63, 3.8) is 0 Å². The first-order chi connectivity index (χ1) is 12.0. The van der Waals surface area contributed by atoms with Crippen LogP contribution >= 0.6 is 0 Å². The molecule has 0 saturated carbocycles. The van der Waals surface area contributed by atoms with Gasteiger partial charge in [0.2, 0.25) is 0 Å². The van der Waals surface area contributed by atoms with Crippen LogP contribution in [-0.4, -0.2) is 14.6 Å². The average molecular weight is 339 g/mol. The van der Waals surface area contributed by atoms with Gasteiger partial charge < -0.3 is 0 Å². The minimum atomic E-state index is -4.45. The Kier molecular flexibility index (Phi) is 3.53. The highest BCUT2D eigenvalue weighted by Gasteiger charge is 2.32. The number of benzene rings is 2. The Hall–Kier alpha value is -3.15. The number of fused-ring (bicyclic) bond motifs is 1.